The van der Waals surface area contributed by atoms with Crippen molar-refractivity contribution in [3.63, 3.8) is 0 Å². The van der Waals surface area contributed by atoms with Gasteiger partial charge in [0.25, 0.3) is 0 Å². The lowest BCUT2D eigenvalue weighted by atomic mass is 10.3. The van der Waals surface area contributed by atoms with E-state index < -0.39 is 5.82 Å². The van der Waals surface area contributed by atoms with Gasteiger partial charge >= 0.3 is 0 Å². The Morgan fingerprint density at radius 2 is 2.11 bits per heavy atom. The van der Waals surface area contributed by atoms with Crippen molar-refractivity contribution in [1.29, 1.82) is 0 Å². The first-order valence-corrected chi connectivity index (χ1v) is 6.55. The standard InChI is InChI=1S/C14H21FN2O2/c1-2-3-8-17(9-10-18)11-14(19)16-13-7-5-4-6-12(13)15/h4-7,18H,2-3,8-11H2,1H3,(H,16,19). The molecule has 1 aromatic carbocycles. The maximum Gasteiger partial charge on any atom is 0.238 e. The number of benzene rings is 1. The number of carbonyl (C=O) groups is 1. The molecule has 1 aromatic rings. The molecule has 0 spiro atoms. The Morgan fingerprint density at radius 1 is 1.37 bits per heavy atom. The summed E-state index contributed by atoms with van der Waals surface area (Å²) < 4.78 is 13.4. The summed E-state index contributed by atoms with van der Waals surface area (Å²) in [4.78, 5) is 13.7. The van der Waals surface area contributed by atoms with Crippen LogP contribution in [-0.4, -0.2) is 42.2 Å². The molecule has 0 unspecified atom stereocenters. The smallest absolute Gasteiger partial charge is 0.238 e. The number of nitrogens with zero attached hydrogens (tertiary/aromatic N) is 1. The minimum atomic E-state index is -0.446. The van der Waals surface area contributed by atoms with E-state index in [-0.39, 0.29) is 24.7 Å². The minimum Gasteiger partial charge on any atom is -0.395 e. The topological polar surface area (TPSA) is 52.6 Å². The fraction of sp³-hybridized carbons (Fsp3) is 0.500. The Balaban J connectivity index is 2.50. The number of carbonyl (C=O) groups excluding carboxylic acids is 1. The summed E-state index contributed by atoms with van der Waals surface area (Å²) in [6.07, 6.45) is 1.99. The second kappa shape index (κ2) is 8.61. The van der Waals surface area contributed by atoms with E-state index in [1.807, 2.05) is 4.90 Å². The third-order valence-corrected chi connectivity index (χ3v) is 2.76. The van der Waals surface area contributed by atoms with E-state index in [2.05, 4.69) is 12.2 Å². The van der Waals surface area contributed by atoms with Crippen LogP contribution in [0.1, 0.15) is 19.8 Å². The molecule has 0 aromatic heterocycles. The van der Waals surface area contributed by atoms with E-state index >= 15 is 0 Å². The minimum absolute atomic E-state index is 0.0106. The summed E-state index contributed by atoms with van der Waals surface area (Å²) in [5.41, 5.74) is 0.187. The van der Waals surface area contributed by atoms with Crippen LogP contribution in [0.15, 0.2) is 24.3 Å². The third kappa shape index (κ3) is 5.81. The number of unbranched alkanes of at least 4 members (excludes halogenated alkanes) is 1. The zero-order chi connectivity index (χ0) is 14.1. The highest BCUT2D eigenvalue weighted by molar-refractivity contribution is 5.92. The van der Waals surface area contributed by atoms with Crippen molar-refractivity contribution in [2.75, 3.05) is 31.6 Å². The van der Waals surface area contributed by atoms with E-state index in [1.165, 1.54) is 12.1 Å². The van der Waals surface area contributed by atoms with Crippen LogP contribution in [0.25, 0.3) is 0 Å². The number of hydrogen-bond acceptors (Lipinski definition) is 3. The highest BCUT2D eigenvalue weighted by Crippen LogP contribution is 2.12. The predicted molar refractivity (Wildman–Crippen MR) is 73.5 cm³/mol. The molecule has 5 heteroatoms. The van der Waals surface area contributed by atoms with Gasteiger partial charge < -0.3 is 10.4 Å². The van der Waals surface area contributed by atoms with E-state index in [0.29, 0.717) is 6.54 Å². The van der Waals surface area contributed by atoms with Gasteiger partial charge in [0.05, 0.1) is 18.8 Å². The molecule has 2 N–H and O–H groups in total. The van der Waals surface area contributed by atoms with Gasteiger partial charge in [0.15, 0.2) is 0 Å². The number of amides is 1. The molecule has 1 amide bonds. The van der Waals surface area contributed by atoms with Gasteiger partial charge in [-0.15, -0.1) is 0 Å². The highest BCUT2D eigenvalue weighted by atomic mass is 19.1. The van der Waals surface area contributed by atoms with Crippen molar-refractivity contribution in [2.24, 2.45) is 0 Å². The van der Waals surface area contributed by atoms with Gasteiger partial charge in [0, 0.05) is 6.54 Å². The summed E-state index contributed by atoms with van der Waals surface area (Å²) in [6, 6.07) is 6.07. The fourth-order valence-electron chi connectivity index (χ4n) is 1.75. The maximum atomic E-state index is 13.4. The quantitative estimate of drug-likeness (QED) is 0.756. The number of halogens is 1. The molecule has 0 aliphatic rings. The molecule has 0 fully saturated rings. The Bertz CT molecular complexity index is 399. The Morgan fingerprint density at radius 3 is 2.74 bits per heavy atom. The first-order chi connectivity index (χ1) is 9.17. The third-order valence-electron chi connectivity index (χ3n) is 2.76. The molecule has 19 heavy (non-hydrogen) atoms. The van der Waals surface area contributed by atoms with Crippen molar-refractivity contribution >= 4 is 11.6 Å². The SMILES string of the molecule is CCCCN(CCO)CC(=O)Nc1ccccc1F. The zero-order valence-corrected chi connectivity index (χ0v) is 11.2. The van der Waals surface area contributed by atoms with Crippen molar-refractivity contribution in [3.05, 3.63) is 30.1 Å². The largest absolute Gasteiger partial charge is 0.395 e. The van der Waals surface area contributed by atoms with Gasteiger partial charge in [-0.1, -0.05) is 25.5 Å². The number of rotatable bonds is 8. The van der Waals surface area contributed by atoms with Gasteiger partial charge in [-0.05, 0) is 25.1 Å². The van der Waals surface area contributed by atoms with E-state index in [9.17, 15) is 9.18 Å². The first-order valence-electron chi connectivity index (χ1n) is 6.55. The van der Waals surface area contributed by atoms with Crippen LogP contribution in [-0.2, 0) is 4.79 Å². The lowest BCUT2D eigenvalue weighted by Gasteiger charge is -2.20. The molecule has 0 aliphatic heterocycles. The highest BCUT2D eigenvalue weighted by Gasteiger charge is 2.11. The van der Waals surface area contributed by atoms with Crippen molar-refractivity contribution in [2.45, 2.75) is 19.8 Å². The molecule has 0 saturated carbocycles. The molecule has 106 valence electrons. The van der Waals surface area contributed by atoms with Gasteiger partial charge in [-0.3, -0.25) is 9.69 Å². The van der Waals surface area contributed by atoms with Gasteiger partial charge in [0.2, 0.25) is 5.91 Å². The number of aliphatic hydroxyl groups excluding tert-OH is 1. The summed E-state index contributed by atoms with van der Waals surface area (Å²) >= 11 is 0. The Hall–Kier alpha value is -1.46. The van der Waals surface area contributed by atoms with Crippen LogP contribution in [0.3, 0.4) is 0 Å². The molecular weight excluding hydrogens is 247 g/mol. The monoisotopic (exact) mass is 268 g/mol. The summed E-state index contributed by atoms with van der Waals surface area (Å²) in [5.74, 6) is -0.715. The van der Waals surface area contributed by atoms with E-state index in [4.69, 9.17) is 5.11 Å². The predicted octanol–water partition coefficient (Wildman–Crippen LogP) is 1.86. The average Bonchev–Trinajstić information content (AvgIpc) is 2.39. The second-order valence-corrected chi connectivity index (χ2v) is 4.38. The van der Waals surface area contributed by atoms with Crippen molar-refractivity contribution in [3.8, 4) is 0 Å². The molecule has 0 heterocycles. The molecule has 0 aliphatic carbocycles. The lowest BCUT2D eigenvalue weighted by Crippen LogP contribution is -2.36. The molecule has 0 saturated heterocycles. The fourth-order valence-corrected chi connectivity index (χ4v) is 1.75. The summed E-state index contributed by atoms with van der Waals surface area (Å²) in [7, 11) is 0. The van der Waals surface area contributed by atoms with Crippen molar-refractivity contribution < 1.29 is 14.3 Å². The van der Waals surface area contributed by atoms with E-state index in [1.54, 1.807) is 12.1 Å². The van der Waals surface area contributed by atoms with Crippen molar-refractivity contribution in [1.82, 2.24) is 4.90 Å². The van der Waals surface area contributed by atoms with Gasteiger partial charge in [-0.25, -0.2) is 4.39 Å². The number of para-hydroxylation sites is 1. The Kier molecular flexibility index (Phi) is 7.07. The Labute approximate surface area is 113 Å². The van der Waals surface area contributed by atoms with Crippen LogP contribution < -0.4 is 5.32 Å². The molecular formula is C14H21FN2O2. The van der Waals surface area contributed by atoms with Gasteiger partial charge in [0.1, 0.15) is 5.82 Å². The van der Waals surface area contributed by atoms with Crippen LogP contribution in [0, 0.1) is 5.82 Å². The number of nitrogens with one attached hydrogen (secondary N) is 1. The normalized spacial score (nSPS) is 10.7. The summed E-state index contributed by atoms with van der Waals surface area (Å²) in [6.45, 7) is 3.44. The first kappa shape index (κ1) is 15.6. The van der Waals surface area contributed by atoms with E-state index in [0.717, 1.165) is 19.4 Å². The van der Waals surface area contributed by atoms with Crippen LogP contribution in [0.4, 0.5) is 10.1 Å². The zero-order valence-electron chi connectivity index (χ0n) is 11.2. The molecule has 1 rings (SSSR count). The lowest BCUT2D eigenvalue weighted by molar-refractivity contribution is -0.117. The molecule has 0 atom stereocenters. The maximum absolute atomic E-state index is 13.4. The molecule has 4 nitrogen and oxygen atoms in total. The summed E-state index contributed by atoms with van der Waals surface area (Å²) in [5, 5.41) is 11.5. The number of hydrogen-bond donors (Lipinski definition) is 2. The molecule has 0 radical (unpaired) electrons. The average molecular weight is 268 g/mol. The molecule has 0 bridgehead atoms. The van der Waals surface area contributed by atoms with Gasteiger partial charge in [-0.2, -0.15) is 0 Å². The number of anilines is 1. The van der Waals surface area contributed by atoms with Crippen LogP contribution >= 0.6 is 0 Å². The second-order valence-electron chi connectivity index (χ2n) is 4.38. The van der Waals surface area contributed by atoms with Crippen LogP contribution in [0.5, 0.6) is 0 Å². The van der Waals surface area contributed by atoms with Crippen LogP contribution in [0.2, 0.25) is 0 Å². The number of aliphatic hydroxyl groups is 1.